The van der Waals surface area contributed by atoms with E-state index >= 15 is 0 Å². The van der Waals surface area contributed by atoms with E-state index in [0.29, 0.717) is 5.88 Å². The molecular formula is C13H18N2O3. The fraction of sp³-hybridized carbons (Fsp3) is 0.538. The molecule has 1 aliphatic rings. The van der Waals surface area contributed by atoms with Crippen molar-refractivity contribution < 1.29 is 14.6 Å². The number of nitrogens with zero attached hydrogens (tertiary/aromatic N) is 2. The van der Waals surface area contributed by atoms with E-state index in [4.69, 9.17) is 9.84 Å². The molecule has 1 aromatic rings. The molecule has 1 saturated heterocycles. The molecule has 0 saturated carbocycles. The highest BCUT2D eigenvalue weighted by Gasteiger charge is 2.34. The lowest BCUT2D eigenvalue weighted by Gasteiger charge is -2.41. The predicted molar refractivity (Wildman–Crippen MR) is 66.4 cm³/mol. The average molecular weight is 250 g/mol. The highest BCUT2D eigenvalue weighted by atomic mass is 16.5. The summed E-state index contributed by atoms with van der Waals surface area (Å²) < 4.78 is 5.20. The van der Waals surface area contributed by atoms with Gasteiger partial charge in [0, 0.05) is 31.4 Å². The van der Waals surface area contributed by atoms with Gasteiger partial charge in [-0.2, -0.15) is 0 Å². The molecule has 18 heavy (non-hydrogen) atoms. The van der Waals surface area contributed by atoms with Crippen LogP contribution in [-0.4, -0.2) is 41.2 Å². The third-order valence-electron chi connectivity index (χ3n) is 3.52. The number of hydrogen-bond donors (Lipinski definition) is 1. The summed E-state index contributed by atoms with van der Waals surface area (Å²) in [5.41, 5.74) is 1.04. The SMILES string of the molecule is COc1ncccc1CN1CC(C(C)C(=O)O)C1. The monoisotopic (exact) mass is 250 g/mol. The van der Waals surface area contributed by atoms with Crippen molar-refractivity contribution in [1.82, 2.24) is 9.88 Å². The standard InChI is InChI=1S/C13H18N2O3/c1-9(13(16)17)11-7-15(8-11)6-10-4-3-5-14-12(10)18-2/h3-5,9,11H,6-8H2,1-2H3,(H,16,17). The minimum atomic E-state index is -0.710. The molecule has 5 heteroatoms. The number of pyridine rings is 1. The van der Waals surface area contributed by atoms with Gasteiger partial charge in [0.1, 0.15) is 0 Å². The quantitative estimate of drug-likeness (QED) is 0.852. The fourth-order valence-corrected chi connectivity index (χ4v) is 2.23. The summed E-state index contributed by atoms with van der Waals surface area (Å²) >= 11 is 0. The average Bonchev–Trinajstić information content (AvgIpc) is 2.32. The minimum Gasteiger partial charge on any atom is -0.481 e. The van der Waals surface area contributed by atoms with Crippen molar-refractivity contribution in [2.45, 2.75) is 13.5 Å². The first-order valence-corrected chi connectivity index (χ1v) is 6.05. The van der Waals surface area contributed by atoms with Crippen LogP contribution in [0.2, 0.25) is 0 Å². The van der Waals surface area contributed by atoms with Gasteiger partial charge in [-0.15, -0.1) is 0 Å². The normalized spacial score (nSPS) is 18.1. The summed E-state index contributed by atoms with van der Waals surface area (Å²) in [6.07, 6.45) is 1.70. The maximum Gasteiger partial charge on any atom is 0.306 e. The molecule has 0 radical (unpaired) electrons. The maximum absolute atomic E-state index is 10.9. The van der Waals surface area contributed by atoms with Crippen LogP contribution in [-0.2, 0) is 11.3 Å². The van der Waals surface area contributed by atoms with E-state index in [2.05, 4.69) is 9.88 Å². The Hall–Kier alpha value is -1.62. The van der Waals surface area contributed by atoms with E-state index < -0.39 is 5.97 Å². The number of carboxylic acids is 1. The molecule has 5 nitrogen and oxygen atoms in total. The van der Waals surface area contributed by atoms with E-state index in [0.717, 1.165) is 25.2 Å². The van der Waals surface area contributed by atoms with Gasteiger partial charge in [0.15, 0.2) is 0 Å². The van der Waals surface area contributed by atoms with Crippen LogP contribution in [0.4, 0.5) is 0 Å². The van der Waals surface area contributed by atoms with Crippen LogP contribution in [0.25, 0.3) is 0 Å². The van der Waals surface area contributed by atoms with Gasteiger partial charge in [-0.1, -0.05) is 13.0 Å². The van der Waals surface area contributed by atoms with Crippen LogP contribution in [0.3, 0.4) is 0 Å². The fourth-order valence-electron chi connectivity index (χ4n) is 2.23. The largest absolute Gasteiger partial charge is 0.481 e. The van der Waals surface area contributed by atoms with Crippen LogP contribution in [0.5, 0.6) is 5.88 Å². The Bertz CT molecular complexity index is 430. The lowest BCUT2D eigenvalue weighted by molar-refractivity contribution is -0.145. The first-order valence-electron chi connectivity index (χ1n) is 6.05. The highest BCUT2D eigenvalue weighted by Crippen LogP contribution is 2.27. The third-order valence-corrected chi connectivity index (χ3v) is 3.52. The van der Waals surface area contributed by atoms with Gasteiger partial charge in [0.2, 0.25) is 5.88 Å². The Morgan fingerprint density at radius 2 is 2.39 bits per heavy atom. The summed E-state index contributed by atoms with van der Waals surface area (Å²) in [7, 11) is 1.61. The predicted octanol–water partition coefficient (Wildman–Crippen LogP) is 1.24. The van der Waals surface area contributed by atoms with Gasteiger partial charge in [-0.3, -0.25) is 9.69 Å². The number of carboxylic acid groups (broad SMARTS) is 1. The van der Waals surface area contributed by atoms with Crippen molar-refractivity contribution >= 4 is 5.97 Å². The number of carbonyl (C=O) groups is 1. The molecule has 98 valence electrons. The number of likely N-dealkylation sites (tertiary alicyclic amines) is 1. The van der Waals surface area contributed by atoms with E-state index in [1.807, 2.05) is 12.1 Å². The third kappa shape index (κ3) is 2.61. The van der Waals surface area contributed by atoms with Crippen molar-refractivity contribution in [3.8, 4) is 5.88 Å². The Morgan fingerprint density at radius 3 is 3.00 bits per heavy atom. The van der Waals surface area contributed by atoms with Crippen molar-refractivity contribution in [2.75, 3.05) is 20.2 Å². The highest BCUT2D eigenvalue weighted by molar-refractivity contribution is 5.70. The van der Waals surface area contributed by atoms with E-state index in [-0.39, 0.29) is 11.8 Å². The lowest BCUT2D eigenvalue weighted by Crippen LogP contribution is -2.50. The number of ether oxygens (including phenoxy) is 1. The molecule has 1 fully saturated rings. The molecule has 2 rings (SSSR count). The van der Waals surface area contributed by atoms with Crippen LogP contribution < -0.4 is 4.74 Å². The summed E-state index contributed by atoms with van der Waals surface area (Å²) in [6, 6.07) is 3.87. The van der Waals surface area contributed by atoms with Crippen LogP contribution in [0.1, 0.15) is 12.5 Å². The van der Waals surface area contributed by atoms with E-state index in [1.165, 1.54) is 0 Å². The zero-order chi connectivity index (χ0) is 13.1. The smallest absolute Gasteiger partial charge is 0.306 e. The molecule has 0 amide bonds. The van der Waals surface area contributed by atoms with Gasteiger partial charge in [0.05, 0.1) is 13.0 Å². The second-order valence-electron chi connectivity index (χ2n) is 4.75. The van der Waals surface area contributed by atoms with Crippen molar-refractivity contribution in [3.05, 3.63) is 23.9 Å². The Labute approximate surface area is 106 Å². The summed E-state index contributed by atoms with van der Waals surface area (Å²) in [5, 5.41) is 8.93. The molecule has 1 unspecified atom stereocenters. The Morgan fingerprint density at radius 1 is 1.67 bits per heavy atom. The molecule has 1 atom stereocenters. The minimum absolute atomic E-state index is 0.255. The zero-order valence-electron chi connectivity index (χ0n) is 10.7. The van der Waals surface area contributed by atoms with Gasteiger partial charge in [0.25, 0.3) is 0 Å². The number of rotatable bonds is 5. The number of methoxy groups -OCH3 is 1. The maximum atomic E-state index is 10.9. The van der Waals surface area contributed by atoms with Gasteiger partial charge in [-0.05, 0) is 12.0 Å². The van der Waals surface area contributed by atoms with Crippen molar-refractivity contribution in [1.29, 1.82) is 0 Å². The van der Waals surface area contributed by atoms with Crippen LogP contribution in [0.15, 0.2) is 18.3 Å². The first-order chi connectivity index (χ1) is 8.61. The lowest BCUT2D eigenvalue weighted by atomic mass is 9.87. The van der Waals surface area contributed by atoms with Crippen LogP contribution >= 0.6 is 0 Å². The summed E-state index contributed by atoms with van der Waals surface area (Å²) in [6.45, 7) is 4.19. The number of aromatic nitrogens is 1. The second kappa shape index (κ2) is 5.35. The van der Waals surface area contributed by atoms with E-state index in [9.17, 15) is 4.79 Å². The number of hydrogen-bond acceptors (Lipinski definition) is 4. The van der Waals surface area contributed by atoms with Gasteiger partial charge in [-0.25, -0.2) is 4.98 Å². The molecule has 1 N–H and O–H groups in total. The van der Waals surface area contributed by atoms with Crippen molar-refractivity contribution in [3.63, 3.8) is 0 Å². The first kappa shape index (κ1) is 12.8. The summed E-state index contributed by atoms with van der Waals surface area (Å²) in [5.74, 6) is -0.0759. The molecule has 0 bridgehead atoms. The van der Waals surface area contributed by atoms with Gasteiger partial charge < -0.3 is 9.84 Å². The Balaban J connectivity index is 1.88. The van der Waals surface area contributed by atoms with Crippen LogP contribution in [0, 0.1) is 11.8 Å². The number of aliphatic carboxylic acids is 1. The zero-order valence-corrected chi connectivity index (χ0v) is 10.7. The molecule has 1 aromatic heterocycles. The Kier molecular flexibility index (Phi) is 3.81. The molecule has 0 aliphatic carbocycles. The topological polar surface area (TPSA) is 62.7 Å². The molecular weight excluding hydrogens is 232 g/mol. The van der Waals surface area contributed by atoms with Crippen molar-refractivity contribution in [2.24, 2.45) is 11.8 Å². The molecule has 0 aromatic carbocycles. The summed E-state index contributed by atoms with van der Waals surface area (Å²) in [4.78, 5) is 17.2. The van der Waals surface area contributed by atoms with E-state index in [1.54, 1.807) is 20.2 Å². The van der Waals surface area contributed by atoms with Gasteiger partial charge >= 0.3 is 5.97 Å². The molecule has 0 spiro atoms. The molecule has 2 heterocycles. The molecule has 1 aliphatic heterocycles. The second-order valence-corrected chi connectivity index (χ2v) is 4.75.